The fourth-order valence-corrected chi connectivity index (χ4v) is 1.27. The summed E-state index contributed by atoms with van der Waals surface area (Å²) in [4.78, 5) is 0. The Balaban J connectivity index is 1.91. The van der Waals surface area contributed by atoms with E-state index in [4.69, 9.17) is 19.9 Å². The van der Waals surface area contributed by atoms with Crippen LogP contribution in [0.1, 0.15) is 5.56 Å². The Morgan fingerprint density at radius 3 is 2.28 bits per heavy atom. The van der Waals surface area contributed by atoms with Crippen LogP contribution in [0.15, 0.2) is 36.6 Å². The van der Waals surface area contributed by atoms with Gasteiger partial charge in [-0.1, -0.05) is 30.3 Å². The molecule has 0 aliphatic rings. The van der Waals surface area contributed by atoms with Gasteiger partial charge >= 0.3 is 0 Å². The van der Waals surface area contributed by atoms with Gasteiger partial charge in [0.25, 0.3) is 0 Å². The fourth-order valence-electron chi connectivity index (χ4n) is 1.27. The summed E-state index contributed by atoms with van der Waals surface area (Å²) in [5.41, 5.74) is 6.40. The van der Waals surface area contributed by atoms with Crippen molar-refractivity contribution in [3.8, 4) is 0 Å². The maximum absolute atomic E-state index is 5.31. The lowest BCUT2D eigenvalue weighted by molar-refractivity contribution is 0.0329. The second kappa shape index (κ2) is 10.8. The number of rotatable bonds is 10. The summed E-state index contributed by atoms with van der Waals surface area (Å²) in [5.74, 6) is 0. The van der Waals surface area contributed by atoms with E-state index in [0.717, 1.165) is 5.56 Å². The van der Waals surface area contributed by atoms with Gasteiger partial charge in [-0.3, -0.25) is 0 Å². The molecule has 0 saturated heterocycles. The van der Waals surface area contributed by atoms with Gasteiger partial charge in [0.2, 0.25) is 0 Å². The number of nitrogens with two attached hydrogens (primary N) is 1. The average Bonchev–Trinajstić information content (AvgIpc) is 2.42. The summed E-state index contributed by atoms with van der Waals surface area (Å²) in [5, 5.41) is 0. The minimum atomic E-state index is 0.542. The Morgan fingerprint density at radius 2 is 1.56 bits per heavy atom. The van der Waals surface area contributed by atoms with Crippen LogP contribution in [-0.2, 0) is 14.2 Å². The van der Waals surface area contributed by atoms with E-state index < -0.39 is 0 Å². The molecule has 1 rings (SSSR count). The lowest BCUT2D eigenvalue weighted by Gasteiger charge is -2.04. The highest BCUT2D eigenvalue weighted by Crippen LogP contribution is 2.00. The first kappa shape index (κ1) is 14.7. The van der Waals surface area contributed by atoms with Gasteiger partial charge in [0.05, 0.1) is 32.7 Å². The zero-order chi connectivity index (χ0) is 12.9. The summed E-state index contributed by atoms with van der Waals surface area (Å²) >= 11 is 0. The third-order valence-electron chi connectivity index (χ3n) is 2.14. The summed E-state index contributed by atoms with van der Waals surface area (Å²) in [6.45, 7) is 3.39. The topological polar surface area (TPSA) is 53.7 Å². The number of hydrogen-bond donors (Lipinski definition) is 1. The molecule has 1 aromatic rings. The Hall–Kier alpha value is -1.36. The SMILES string of the molecule is NCCOCCOCCOC=Cc1ccccc1. The summed E-state index contributed by atoms with van der Waals surface area (Å²) in [6, 6.07) is 10.0. The molecule has 4 heteroatoms. The Morgan fingerprint density at radius 1 is 0.889 bits per heavy atom. The van der Waals surface area contributed by atoms with Gasteiger partial charge in [0, 0.05) is 6.54 Å². The lowest BCUT2D eigenvalue weighted by Crippen LogP contribution is -2.13. The van der Waals surface area contributed by atoms with Gasteiger partial charge in [-0.2, -0.15) is 0 Å². The quantitative estimate of drug-likeness (QED) is 0.507. The summed E-state index contributed by atoms with van der Waals surface area (Å²) in [6.07, 6.45) is 3.61. The Bertz CT molecular complexity index is 314. The molecule has 0 spiro atoms. The van der Waals surface area contributed by atoms with E-state index in [1.807, 2.05) is 36.4 Å². The van der Waals surface area contributed by atoms with E-state index in [2.05, 4.69) is 0 Å². The van der Waals surface area contributed by atoms with Gasteiger partial charge in [0.1, 0.15) is 6.61 Å². The van der Waals surface area contributed by atoms with Crippen molar-refractivity contribution in [1.29, 1.82) is 0 Å². The molecule has 4 nitrogen and oxygen atoms in total. The predicted octanol–water partition coefficient (Wildman–Crippen LogP) is 1.67. The van der Waals surface area contributed by atoms with Crippen molar-refractivity contribution in [2.75, 3.05) is 39.6 Å². The Kier molecular flexibility index (Phi) is 8.80. The van der Waals surface area contributed by atoms with Crippen LogP contribution in [0.4, 0.5) is 0 Å². The molecule has 0 aromatic heterocycles. The molecular weight excluding hydrogens is 230 g/mol. The van der Waals surface area contributed by atoms with Gasteiger partial charge in [-0.15, -0.1) is 0 Å². The van der Waals surface area contributed by atoms with Crippen molar-refractivity contribution in [2.24, 2.45) is 5.73 Å². The Labute approximate surface area is 108 Å². The number of benzene rings is 1. The van der Waals surface area contributed by atoms with Crippen molar-refractivity contribution in [2.45, 2.75) is 0 Å². The average molecular weight is 251 g/mol. The smallest absolute Gasteiger partial charge is 0.111 e. The van der Waals surface area contributed by atoms with E-state index >= 15 is 0 Å². The molecule has 0 unspecified atom stereocenters. The van der Waals surface area contributed by atoms with E-state index in [9.17, 15) is 0 Å². The van der Waals surface area contributed by atoms with Crippen LogP contribution in [0, 0.1) is 0 Å². The first-order valence-corrected chi connectivity index (χ1v) is 6.12. The van der Waals surface area contributed by atoms with E-state index in [1.165, 1.54) is 0 Å². The molecule has 18 heavy (non-hydrogen) atoms. The highest BCUT2D eigenvalue weighted by Gasteiger charge is 1.89. The number of hydrogen-bond acceptors (Lipinski definition) is 4. The van der Waals surface area contributed by atoms with Crippen LogP contribution in [0.5, 0.6) is 0 Å². The zero-order valence-electron chi connectivity index (χ0n) is 10.6. The maximum Gasteiger partial charge on any atom is 0.111 e. The normalized spacial score (nSPS) is 10.9. The highest BCUT2D eigenvalue weighted by atomic mass is 16.5. The third kappa shape index (κ3) is 7.84. The second-order valence-corrected chi connectivity index (χ2v) is 3.60. The van der Waals surface area contributed by atoms with Crippen LogP contribution in [0.2, 0.25) is 0 Å². The summed E-state index contributed by atoms with van der Waals surface area (Å²) < 4.78 is 15.8. The van der Waals surface area contributed by atoms with Gasteiger partial charge in [-0.05, 0) is 11.6 Å². The van der Waals surface area contributed by atoms with E-state index in [-0.39, 0.29) is 0 Å². The zero-order valence-corrected chi connectivity index (χ0v) is 10.6. The second-order valence-electron chi connectivity index (χ2n) is 3.60. The molecule has 0 radical (unpaired) electrons. The van der Waals surface area contributed by atoms with E-state index in [1.54, 1.807) is 6.26 Å². The molecule has 0 heterocycles. The molecule has 0 bridgehead atoms. The largest absolute Gasteiger partial charge is 0.499 e. The molecule has 0 aliphatic carbocycles. The van der Waals surface area contributed by atoms with Crippen molar-refractivity contribution >= 4 is 6.08 Å². The molecule has 100 valence electrons. The van der Waals surface area contributed by atoms with Gasteiger partial charge in [0.15, 0.2) is 0 Å². The van der Waals surface area contributed by atoms with E-state index in [0.29, 0.717) is 39.6 Å². The first-order chi connectivity index (χ1) is 8.93. The standard InChI is InChI=1S/C14H21NO3/c15-7-9-17-11-13-18-12-10-16-8-6-14-4-2-1-3-5-14/h1-6,8H,7,9-13,15H2. The van der Waals surface area contributed by atoms with Crippen LogP contribution >= 0.6 is 0 Å². The maximum atomic E-state index is 5.31. The predicted molar refractivity (Wildman–Crippen MR) is 72.1 cm³/mol. The molecule has 1 aromatic carbocycles. The van der Waals surface area contributed by atoms with Gasteiger partial charge in [-0.25, -0.2) is 0 Å². The minimum Gasteiger partial charge on any atom is -0.499 e. The fraction of sp³-hybridized carbons (Fsp3) is 0.429. The molecule has 0 saturated carbocycles. The van der Waals surface area contributed by atoms with Crippen LogP contribution in [0.3, 0.4) is 0 Å². The van der Waals surface area contributed by atoms with Crippen molar-refractivity contribution in [1.82, 2.24) is 0 Å². The molecule has 0 aliphatic heterocycles. The lowest BCUT2D eigenvalue weighted by atomic mass is 10.2. The molecule has 0 amide bonds. The minimum absolute atomic E-state index is 0.542. The molecule has 0 atom stereocenters. The molecule has 0 fully saturated rings. The van der Waals surface area contributed by atoms with Crippen LogP contribution in [0.25, 0.3) is 6.08 Å². The van der Waals surface area contributed by atoms with Crippen molar-refractivity contribution < 1.29 is 14.2 Å². The van der Waals surface area contributed by atoms with Crippen LogP contribution < -0.4 is 5.73 Å². The number of ether oxygens (including phenoxy) is 3. The van der Waals surface area contributed by atoms with Crippen molar-refractivity contribution in [3.63, 3.8) is 0 Å². The molecular formula is C14H21NO3. The van der Waals surface area contributed by atoms with Crippen LogP contribution in [-0.4, -0.2) is 39.6 Å². The molecule has 2 N–H and O–H groups in total. The van der Waals surface area contributed by atoms with Crippen molar-refractivity contribution in [3.05, 3.63) is 42.2 Å². The third-order valence-corrected chi connectivity index (χ3v) is 2.14. The monoisotopic (exact) mass is 251 g/mol. The summed E-state index contributed by atoms with van der Waals surface area (Å²) in [7, 11) is 0. The highest BCUT2D eigenvalue weighted by molar-refractivity contribution is 5.47. The van der Waals surface area contributed by atoms with Gasteiger partial charge < -0.3 is 19.9 Å². The first-order valence-electron chi connectivity index (χ1n) is 6.12.